The third-order valence-electron chi connectivity index (χ3n) is 3.17. The van der Waals surface area contributed by atoms with Crippen molar-refractivity contribution in [3.05, 3.63) is 34.6 Å². The maximum Gasteiger partial charge on any atom is 0.141 e. The van der Waals surface area contributed by atoms with Gasteiger partial charge in [0.15, 0.2) is 0 Å². The third kappa shape index (κ3) is 3.66. The zero-order valence-electron chi connectivity index (χ0n) is 10.0. The number of halogens is 2. The Kier molecular flexibility index (Phi) is 4.37. The van der Waals surface area contributed by atoms with E-state index in [1.54, 1.807) is 12.1 Å². The van der Waals surface area contributed by atoms with Crippen molar-refractivity contribution in [1.82, 2.24) is 10.2 Å². The smallest absolute Gasteiger partial charge is 0.141 e. The summed E-state index contributed by atoms with van der Waals surface area (Å²) in [7, 11) is 2.09. The van der Waals surface area contributed by atoms with Gasteiger partial charge >= 0.3 is 0 Å². The highest BCUT2D eigenvalue weighted by Gasteiger charge is 2.16. The zero-order valence-corrected chi connectivity index (χ0v) is 10.8. The first kappa shape index (κ1) is 12.8. The lowest BCUT2D eigenvalue weighted by atomic mass is 10.1. The zero-order chi connectivity index (χ0) is 12.3. The molecule has 1 aliphatic heterocycles. The van der Waals surface area contributed by atoms with Gasteiger partial charge in [0.05, 0.1) is 5.02 Å². The van der Waals surface area contributed by atoms with Gasteiger partial charge in [-0.15, -0.1) is 0 Å². The third-order valence-corrected chi connectivity index (χ3v) is 3.46. The van der Waals surface area contributed by atoms with Crippen LogP contribution in [0.1, 0.15) is 12.0 Å². The van der Waals surface area contributed by atoms with Crippen molar-refractivity contribution < 1.29 is 4.39 Å². The summed E-state index contributed by atoms with van der Waals surface area (Å²) >= 11 is 5.76. The predicted octanol–water partition coefficient (Wildman–Crippen LogP) is 2.52. The van der Waals surface area contributed by atoms with Crippen molar-refractivity contribution in [2.24, 2.45) is 5.92 Å². The fourth-order valence-electron chi connectivity index (χ4n) is 2.33. The minimum Gasteiger partial charge on any atom is -0.316 e. The van der Waals surface area contributed by atoms with Crippen molar-refractivity contribution >= 4 is 11.6 Å². The summed E-state index contributed by atoms with van der Waals surface area (Å²) in [6.07, 6.45) is 1.24. The number of nitrogens with one attached hydrogen (secondary N) is 1. The quantitative estimate of drug-likeness (QED) is 0.891. The molecule has 1 aliphatic rings. The standard InChI is InChI=1S/C13H18ClFN2/c1-17(9-11-4-5-16-7-11)8-10-2-3-13(15)12(14)6-10/h2-3,6,11,16H,4-5,7-9H2,1H3. The number of rotatable bonds is 4. The molecule has 0 saturated carbocycles. The van der Waals surface area contributed by atoms with Crippen LogP contribution in [0.2, 0.25) is 5.02 Å². The molecule has 0 bridgehead atoms. The van der Waals surface area contributed by atoms with Crippen molar-refractivity contribution in [1.29, 1.82) is 0 Å². The number of hydrogen-bond acceptors (Lipinski definition) is 2. The maximum absolute atomic E-state index is 13.0. The molecular formula is C13H18ClFN2. The van der Waals surface area contributed by atoms with Crippen LogP contribution in [0, 0.1) is 11.7 Å². The minimum atomic E-state index is -0.349. The average molecular weight is 257 g/mol. The van der Waals surface area contributed by atoms with Gasteiger partial charge in [-0.2, -0.15) is 0 Å². The van der Waals surface area contributed by atoms with Crippen LogP contribution in [-0.2, 0) is 6.54 Å². The molecule has 0 aliphatic carbocycles. The van der Waals surface area contributed by atoms with E-state index in [2.05, 4.69) is 17.3 Å². The second-order valence-electron chi connectivity index (χ2n) is 4.80. The van der Waals surface area contributed by atoms with E-state index < -0.39 is 0 Å². The van der Waals surface area contributed by atoms with E-state index in [1.807, 2.05) is 0 Å². The molecule has 2 nitrogen and oxygen atoms in total. The molecule has 4 heteroatoms. The molecular weight excluding hydrogens is 239 g/mol. The average Bonchev–Trinajstić information content (AvgIpc) is 2.76. The summed E-state index contributed by atoms with van der Waals surface area (Å²) in [5, 5.41) is 3.57. The lowest BCUT2D eigenvalue weighted by Crippen LogP contribution is -2.26. The first-order valence-corrected chi connectivity index (χ1v) is 6.36. The van der Waals surface area contributed by atoms with Gasteiger partial charge in [-0.05, 0) is 50.2 Å². The second-order valence-corrected chi connectivity index (χ2v) is 5.21. The fourth-order valence-corrected chi connectivity index (χ4v) is 2.53. The van der Waals surface area contributed by atoms with Crippen LogP contribution in [0.5, 0.6) is 0 Å². The van der Waals surface area contributed by atoms with Crippen molar-refractivity contribution in [2.75, 3.05) is 26.7 Å². The Morgan fingerprint density at radius 2 is 2.35 bits per heavy atom. The number of benzene rings is 1. The molecule has 1 unspecified atom stereocenters. The Balaban J connectivity index is 1.88. The minimum absolute atomic E-state index is 0.207. The highest BCUT2D eigenvalue weighted by atomic mass is 35.5. The van der Waals surface area contributed by atoms with E-state index in [1.165, 1.54) is 12.5 Å². The molecule has 17 heavy (non-hydrogen) atoms. The topological polar surface area (TPSA) is 15.3 Å². The summed E-state index contributed by atoms with van der Waals surface area (Å²) in [4.78, 5) is 2.27. The molecule has 0 amide bonds. The molecule has 0 aromatic heterocycles. The molecule has 1 N–H and O–H groups in total. The van der Waals surface area contributed by atoms with Crippen molar-refractivity contribution in [3.63, 3.8) is 0 Å². The molecule has 1 atom stereocenters. The summed E-state index contributed by atoms with van der Waals surface area (Å²) in [5.41, 5.74) is 1.06. The normalized spacial score (nSPS) is 20.1. The molecule has 1 heterocycles. The van der Waals surface area contributed by atoms with Crippen LogP contribution in [0.15, 0.2) is 18.2 Å². The Morgan fingerprint density at radius 1 is 1.53 bits per heavy atom. The van der Waals surface area contributed by atoms with E-state index in [0.717, 1.165) is 37.7 Å². The lowest BCUT2D eigenvalue weighted by molar-refractivity contribution is 0.278. The van der Waals surface area contributed by atoms with Gasteiger partial charge in [0, 0.05) is 13.1 Å². The van der Waals surface area contributed by atoms with Gasteiger partial charge in [-0.1, -0.05) is 17.7 Å². The van der Waals surface area contributed by atoms with Crippen LogP contribution in [0.3, 0.4) is 0 Å². The maximum atomic E-state index is 13.0. The SMILES string of the molecule is CN(Cc1ccc(F)c(Cl)c1)CC1CCNC1. The summed E-state index contributed by atoms with van der Waals surface area (Å²) in [6, 6.07) is 4.94. The largest absolute Gasteiger partial charge is 0.316 e. The summed E-state index contributed by atoms with van der Waals surface area (Å²) in [6.45, 7) is 4.12. The van der Waals surface area contributed by atoms with Crippen LogP contribution in [0.25, 0.3) is 0 Å². The van der Waals surface area contributed by atoms with Crippen molar-refractivity contribution in [3.8, 4) is 0 Å². The Hall–Kier alpha value is -0.640. The first-order chi connectivity index (χ1) is 8.15. The monoisotopic (exact) mass is 256 g/mol. The molecule has 2 rings (SSSR count). The molecule has 1 saturated heterocycles. The van der Waals surface area contributed by atoms with Gasteiger partial charge < -0.3 is 10.2 Å². The number of hydrogen-bond donors (Lipinski definition) is 1. The van der Waals surface area contributed by atoms with Crippen LogP contribution in [-0.4, -0.2) is 31.6 Å². The molecule has 94 valence electrons. The molecule has 0 spiro atoms. The molecule has 0 radical (unpaired) electrons. The lowest BCUT2D eigenvalue weighted by Gasteiger charge is -2.20. The van der Waals surface area contributed by atoms with Gasteiger partial charge in [-0.3, -0.25) is 0 Å². The molecule has 1 fully saturated rings. The Labute approximate surface area is 107 Å². The van der Waals surface area contributed by atoms with Crippen LogP contribution >= 0.6 is 11.6 Å². The van der Waals surface area contributed by atoms with Gasteiger partial charge in [-0.25, -0.2) is 4.39 Å². The van der Waals surface area contributed by atoms with E-state index in [4.69, 9.17) is 11.6 Å². The highest BCUT2D eigenvalue weighted by Crippen LogP contribution is 2.17. The van der Waals surface area contributed by atoms with E-state index in [-0.39, 0.29) is 10.8 Å². The first-order valence-electron chi connectivity index (χ1n) is 5.98. The highest BCUT2D eigenvalue weighted by molar-refractivity contribution is 6.30. The van der Waals surface area contributed by atoms with Crippen molar-refractivity contribution in [2.45, 2.75) is 13.0 Å². The second kappa shape index (κ2) is 5.80. The molecule has 1 aromatic rings. The van der Waals surface area contributed by atoms with E-state index >= 15 is 0 Å². The van der Waals surface area contributed by atoms with Gasteiger partial charge in [0.25, 0.3) is 0 Å². The fraction of sp³-hybridized carbons (Fsp3) is 0.538. The number of nitrogens with zero attached hydrogens (tertiary/aromatic N) is 1. The van der Waals surface area contributed by atoms with E-state index in [0.29, 0.717) is 0 Å². The Bertz CT molecular complexity index is 378. The summed E-state index contributed by atoms with van der Waals surface area (Å²) in [5.74, 6) is 0.383. The van der Waals surface area contributed by atoms with Crippen LogP contribution < -0.4 is 5.32 Å². The van der Waals surface area contributed by atoms with Gasteiger partial charge in [0.1, 0.15) is 5.82 Å². The molecule has 1 aromatic carbocycles. The Morgan fingerprint density at radius 3 is 3.00 bits per heavy atom. The summed E-state index contributed by atoms with van der Waals surface area (Å²) < 4.78 is 13.0. The van der Waals surface area contributed by atoms with E-state index in [9.17, 15) is 4.39 Å². The van der Waals surface area contributed by atoms with Gasteiger partial charge in [0.2, 0.25) is 0 Å². The van der Waals surface area contributed by atoms with Crippen LogP contribution in [0.4, 0.5) is 4.39 Å². The predicted molar refractivity (Wildman–Crippen MR) is 68.7 cm³/mol.